The molecular formula is C5H8N2O5. The fourth-order valence-electron chi connectivity index (χ4n) is 0.489. The van der Waals surface area contributed by atoms with Gasteiger partial charge in [0, 0.05) is 6.54 Å². The Bertz CT molecular complexity index is 192. The quantitative estimate of drug-likeness (QED) is 0.414. The minimum Gasteiger partial charge on any atom is -0.465 e. The molecule has 68 valence electrons. The molecule has 0 spiro atoms. The molecule has 0 fully saturated rings. The van der Waals surface area contributed by atoms with Crippen LogP contribution in [0.4, 0.5) is 9.59 Å². The van der Waals surface area contributed by atoms with E-state index in [0.29, 0.717) is 6.29 Å². The first-order chi connectivity index (χ1) is 5.56. The van der Waals surface area contributed by atoms with Gasteiger partial charge >= 0.3 is 12.2 Å². The van der Waals surface area contributed by atoms with E-state index in [1.807, 2.05) is 10.6 Å². The van der Waals surface area contributed by atoms with Crippen LogP contribution in [-0.2, 0) is 4.79 Å². The number of rotatable bonds is 4. The maximum absolute atomic E-state index is 10.1. The predicted octanol–water partition coefficient (Wildman–Crippen LogP) is -0.911. The molecule has 0 aromatic carbocycles. The number of carboxylic acid groups (broad SMARTS) is 2. The molecule has 0 heterocycles. The first-order valence-corrected chi connectivity index (χ1v) is 2.97. The van der Waals surface area contributed by atoms with Crippen molar-refractivity contribution >= 4 is 18.5 Å². The summed E-state index contributed by atoms with van der Waals surface area (Å²) in [7, 11) is 0. The van der Waals surface area contributed by atoms with E-state index in [2.05, 4.69) is 0 Å². The Hall–Kier alpha value is -1.79. The van der Waals surface area contributed by atoms with Gasteiger partial charge < -0.3 is 25.6 Å². The average Bonchev–Trinajstić information content (AvgIpc) is 1.97. The van der Waals surface area contributed by atoms with Crippen molar-refractivity contribution in [1.29, 1.82) is 0 Å². The number of hydrogen-bond donors (Lipinski definition) is 4. The van der Waals surface area contributed by atoms with Gasteiger partial charge in [-0.15, -0.1) is 0 Å². The van der Waals surface area contributed by atoms with Gasteiger partial charge in [0.25, 0.3) is 0 Å². The maximum atomic E-state index is 10.1. The molecule has 0 saturated carbocycles. The number of aldehydes is 1. The molecule has 0 aromatic rings. The molecule has 0 bridgehead atoms. The highest BCUT2D eigenvalue weighted by molar-refractivity contribution is 5.72. The summed E-state index contributed by atoms with van der Waals surface area (Å²) in [5.74, 6) is 0. The van der Waals surface area contributed by atoms with E-state index >= 15 is 0 Å². The van der Waals surface area contributed by atoms with Gasteiger partial charge in [-0.3, -0.25) is 0 Å². The smallest absolute Gasteiger partial charge is 0.405 e. The van der Waals surface area contributed by atoms with Crippen molar-refractivity contribution in [3.05, 3.63) is 0 Å². The standard InChI is InChI=1S/C5H8N2O5/c8-2-3(7-5(11)12)1-6-4(9)10/h2-3,6-7H,1H2,(H,9,10)(H,11,12). The molecule has 0 aromatic heterocycles. The molecule has 4 N–H and O–H groups in total. The summed E-state index contributed by atoms with van der Waals surface area (Å²) in [4.78, 5) is 30.0. The minimum absolute atomic E-state index is 0.273. The van der Waals surface area contributed by atoms with Crippen LogP contribution in [0.1, 0.15) is 0 Å². The van der Waals surface area contributed by atoms with Crippen LogP contribution in [0, 0.1) is 0 Å². The molecular weight excluding hydrogens is 168 g/mol. The summed E-state index contributed by atoms with van der Waals surface area (Å²) in [6.45, 7) is -0.273. The zero-order valence-corrected chi connectivity index (χ0v) is 5.98. The highest BCUT2D eigenvalue weighted by Gasteiger charge is 2.10. The number of carbonyl (C=O) groups is 3. The second-order valence-electron chi connectivity index (χ2n) is 1.88. The van der Waals surface area contributed by atoms with Crippen molar-refractivity contribution in [1.82, 2.24) is 10.6 Å². The second-order valence-corrected chi connectivity index (χ2v) is 1.88. The third-order valence-corrected chi connectivity index (χ3v) is 0.946. The van der Waals surface area contributed by atoms with E-state index in [4.69, 9.17) is 10.2 Å². The molecule has 0 aliphatic heterocycles. The molecule has 7 nitrogen and oxygen atoms in total. The second kappa shape index (κ2) is 4.94. The van der Waals surface area contributed by atoms with E-state index in [9.17, 15) is 14.4 Å². The van der Waals surface area contributed by atoms with Crippen LogP contribution >= 0.6 is 0 Å². The Morgan fingerprint density at radius 1 is 1.33 bits per heavy atom. The molecule has 1 atom stereocenters. The molecule has 12 heavy (non-hydrogen) atoms. The van der Waals surface area contributed by atoms with Crippen LogP contribution < -0.4 is 10.6 Å². The first kappa shape index (κ1) is 10.2. The van der Waals surface area contributed by atoms with Gasteiger partial charge in [-0.2, -0.15) is 0 Å². The Morgan fingerprint density at radius 2 is 1.92 bits per heavy atom. The zero-order valence-electron chi connectivity index (χ0n) is 5.98. The van der Waals surface area contributed by atoms with Gasteiger partial charge in [-0.05, 0) is 0 Å². The van der Waals surface area contributed by atoms with Crippen LogP contribution in [0.5, 0.6) is 0 Å². The van der Waals surface area contributed by atoms with E-state index in [1.165, 1.54) is 0 Å². The lowest BCUT2D eigenvalue weighted by atomic mass is 10.3. The van der Waals surface area contributed by atoms with Gasteiger partial charge in [0.1, 0.15) is 12.3 Å². The summed E-state index contributed by atoms with van der Waals surface area (Å²) < 4.78 is 0. The summed E-state index contributed by atoms with van der Waals surface area (Å²) in [6, 6.07) is -1.04. The Balaban J connectivity index is 3.75. The van der Waals surface area contributed by atoms with Crippen LogP contribution in [0.25, 0.3) is 0 Å². The predicted molar refractivity (Wildman–Crippen MR) is 37.0 cm³/mol. The monoisotopic (exact) mass is 176 g/mol. The fourth-order valence-corrected chi connectivity index (χ4v) is 0.489. The van der Waals surface area contributed by atoms with Gasteiger partial charge in [-0.25, -0.2) is 9.59 Å². The molecule has 2 amide bonds. The molecule has 0 aliphatic rings. The summed E-state index contributed by atoms with van der Waals surface area (Å²) in [6.07, 6.45) is -2.38. The molecule has 1 unspecified atom stereocenters. The maximum Gasteiger partial charge on any atom is 0.405 e. The number of amides is 2. The van der Waals surface area contributed by atoms with Crippen LogP contribution in [0.15, 0.2) is 0 Å². The Labute approximate surface area is 67.4 Å². The van der Waals surface area contributed by atoms with Crippen molar-refractivity contribution in [3.8, 4) is 0 Å². The van der Waals surface area contributed by atoms with Crippen molar-refractivity contribution in [3.63, 3.8) is 0 Å². The highest BCUT2D eigenvalue weighted by atomic mass is 16.4. The lowest BCUT2D eigenvalue weighted by Crippen LogP contribution is -2.43. The normalized spacial score (nSPS) is 11.3. The number of hydrogen-bond acceptors (Lipinski definition) is 3. The van der Waals surface area contributed by atoms with E-state index in [-0.39, 0.29) is 6.54 Å². The van der Waals surface area contributed by atoms with Crippen LogP contribution in [-0.4, -0.2) is 41.3 Å². The van der Waals surface area contributed by atoms with Gasteiger partial charge in [-0.1, -0.05) is 0 Å². The van der Waals surface area contributed by atoms with E-state index in [1.54, 1.807) is 0 Å². The van der Waals surface area contributed by atoms with Gasteiger partial charge in [0.05, 0.1) is 0 Å². The minimum atomic E-state index is -1.38. The number of nitrogens with one attached hydrogen (secondary N) is 2. The van der Waals surface area contributed by atoms with Gasteiger partial charge in [0.15, 0.2) is 0 Å². The topological polar surface area (TPSA) is 116 Å². The fraction of sp³-hybridized carbons (Fsp3) is 0.400. The van der Waals surface area contributed by atoms with Gasteiger partial charge in [0.2, 0.25) is 0 Å². The molecule has 0 radical (unpaired) electrons. The Kier molecular flexibility index (Phi) is 4.20. The third-order valence-electron chi connectivity index (χ3n) is 0.946. The summed E-state index contributed by atoms with van der Waals surface area (Å²) in [5, 5.41) is 19.9. The molecule has 0 rings (SSSR count). The Morgan fingerprint density at radius 3 is 2.25 bits per heavy atom. The van der Waals surface area contributed by atoms with E-state index in [0.717, 1.165) is 0 Å². The largest absolute Gasteiger partial charge is 0.465 e. The summed E-state index contributed by atoms with van der Waals surface area (Å²) in [5.41, 5.74) is 0. The SMILES string of the molecule is O=CC(CNC(=O)O)NC(=O)O. The lowest BCUT2D eigenvalue weighted by molar-refractivity contribution is -0.109. The van der Waals surface area contributed by atoms with E-state index < -0.39 is 18.2 Å². The van der Waals surface area contributed by atoms with Crippen LogP contribution in [0.2, 0.25) is 0 Å². The first-order valence-electron chi connectivity index (χ1n) is 2.97. The highest BCUT2D eigenvalue weighted by Crippen LogP contribution is 1.76. The number of carbonyl (C=O) groups excluding carboxylic acids is 1. The third kappa shape index (κ3) is 5.03. The van der Waals surface area contributed by atoms with Crippen molar-refractivity contribution in [2.75, 3.05) is 6.54 Å². The van der Waals surface area contributed by atoms with Crippen molar-refractivity contribution in [2.24, 2.45) is 0 Å². The zero-order chi connectivity index (χ0) is 9.56. The van der Waals surface area contributed by atoms with Crippen molar-refractivity contribution < 1.29 is 24.6 Å². The average molecular weight is 176 g/mol. The van der Waals surface area contributed by atoms with Crippen LogP contribution in [0.3, 0.4) is 0 Å². The lowest BCUT2D eigenvalue weighted by Gasteiger charge is -2.08. The molecule has 0 saturated heterocycles. The van der Waals surface area contributed by atoms with Crippen molar-refractivity contribution in [2.45, 2.75) is 6.04 Å². The summed E-state index contributed by atoms with van der Waals surface area (Å²) >= 11 is 0. The molecule has 0 aliphatic carbocycles. The molecule has 7 heteroatoms.